The third-order valence-electron chi connectivity index (χ3n) is 6.24. The van der Waals surface area contributed by atoms with E-state index in [-0.39, 0.29) is 30.3 Å². The van der Waals surface area contributed by atoms with Crippen molar-refractivity contribution in [3.8, 4) is 0 Å². The number of halogens is 1. The van der Waals surface area contributed by atoms with Crippen LogP contribution in [0.25, 0.3) is 0 Å². The Balaban J connectivity index is 0.00000225. The summed E-state index contributed by atoms with van der Waals surface area (Å²) in [5.74, 6) is 0.411. The minimum atomic E-state index is -0.489. The second kappa shape index (κ2) is 8.64. The van der Waals surface area contributed by atoms with Gasteiger partial charge >= 0.3 is 0 Å². The standard InChI is InChI=1S/C23H28N2O2.ClH/c1-17-7-9-19(10-8-17)23(11-13-27-14-12-23)22(26)25-15-20(21(24)16-25)18-5-3-2-4-6-18;/h2-10,20-21H,11-16,24H2,1H3;1H/t20-,21+;/m0./s1. The molecule has 2 saturated heterocycles. The number of hydrogen-bond donors (Lipinski definition) is 1. The molecule has 150 valence electrons. The fraction of sp³-hybridized carbons (Fsp3) is 0.435. The van der Waals surface area contributed by atoms with Gasteiger partial charge in [0.05, 0.1) is 5.41 Å². The first-order chi connectivity index (χ1) is 13.1. The van der Waals surface area contributed by atoms with Crippen LogP contribution in [0.15, 0.2) is 54.6 Å². The van der Waals surface area contributed by atoms with Crippen LogP contribution in [0.2, 0.25) is 0 Å². The molecule has 0 radical (unpaired) electrons. The van der Waals surface area contributed by atoms with Gasteiger partial charge in [-0.15, -0.1) is 12.4 Å². The number of benzene rings is 2. The van der Waals surface area contributed by atoms with Gasteiger partial charge in [-0.25, -0.2) is 0 Å². The van der Waals surface area contributed by atoms with Crippen molar-refractivity contribution in [1.29, 1.82) is 0 Å². The van der Waals surface area contributed by atoms with Crippen molar-refractivity contribution in [1.82, 2.24) is 4.90 Å². The van der Waals surface area contributed by atoms with Gasteiger partial charge in [-0.2, -0.15) is 0 Å². The van der Waals surface area contributed by atoms with Gasteiger partial charge in [-0.3, -0.25) is 4.79 Å². The lowest BCUT2D eigenvalue weighted by Gasteiger charge is -2.39. The van der Waals surface area contributed by atoms with E-state index in [1.165, 1.54) is 11.1 Å². The van der Waals surface area contributed by atoms with E-state index in [9.17, 15) is 4.79 Å². The largest absolute Gasteiger partial charge is 0.381 e. The summed E-state index contributed by atoms with van der Waals surface area (Å²) in [6, 6.07) is 18.7. The highest BCUT2D eigenvalue weighted by molar-refractivity contribution is 5.89. The zero-order valence-electron chi connectivity index (χ0n) is 16.3. The third kappa shape index (κ3) is 3.82. The Kier molecular flexibility index (Phi) is 6.43. The number of hydrogen-bond acceptors (Lipinski definition) is 3. The minimum absolute atomic E-state index is 0. The topological polar surface area (TPSA) is 55.6 Å². The summed E-state index contributed by atoms with van der Waals surface area (Å²) in [5, 5.41) is 0. The lowest BCUT2D eigenvalue weighted by atomic mass is 9.73. The number of amides is 1. The SMILES string of the molecule is Cc1ccc(C2(C(=O)N3C[C@@H](N)[C@H](c4ccccc4)C3)CCOCC2)cc1.Cl. The molecule has 0 aromatic heterocycles. The van der Waals surface area contributed by atoms with E-state index >= 15 is 0 Å². The molecule has 4 nitrogen and oxygen atoms in total. The summed E-state index contributed by atoms with van der Waals surface area (Å²) in [5.41, 5.74) is 9.50. The van der Waals surface area contributed by atoms with Gasteiger partial charge in [0.2, 0.25) is 5.91 Å². The van der Waals surface area contributed by atoms with Crippen LogP contribution in [0, 0.1) is 6.92 Å². The van der Waals surface area contributed by atoms with Gasteiger partial charge in [0.25, 0.3) is 0 Å². The zero-order chi connectivity index (χ0) is 18.9. The first kappa shape index (κ1) is 20.8. The van der Waals surface area contributed by atoms with Crippen LogP contribution < -0.4 is 5.73 Å². The minimum Gasteiger partial charge on any atom is -0.381 e. The van der Waals surface area contributed by atoms with Crippen LogP contribution in [0.1, 0.15) is 35.4 Å². The zero-order valence-corrected chi connectivity index (χ0v) is 17.2. The fourth-order valence-electron chi connectivity index (χ4n) is 4.57. The van der Waals surface area contributed by atoms with E-state index in [1.54, 1.807) is 0 Å². The lowest BCUT2D eigenvalue weighted by Crippen LogP contribution is -2.49. The third-order valence-corrected chi connectivity index (χ3v) is 6.24. The maximum atomic E-state index is 13.7. The quantitative estimate of drug-likeness (QED) is 0.858. The Bertz CT molecular complexity index is 788. The highest BCUT2D eigenvalue weighted by atomic mass is 35.5. The maximum Gasteiger partial charge on any atom is 0.233 e. The summed E-state index contributed by atoms with van der Waals surface area (Å²) >= 11 is 0. The molecule has 2 aliphatic heterocycles. The van der Waals surface area contributed by atoms with Gasteiger partial charge in [0.1, 0.15) is 0 Å². The fourth-order valence-corrected chi connectivity index (χ4v) is 4.57. The summed E-state index contributed by atoms with van der Waals surface area (Å²) in [6.45, 7) is 4.64. The van der Waals surface area contributed by atoms with E-state index in [1.807, 2.05) is 23.1 Å². The monoisotopic (exact) mass is 400 g/mol. The highest BCUT2D eigenvalue weighted by Crippen LogP contribution is 2.39. The molecule has 5 heteroatoms. The molecule has 0 bridgehead atoms. The molecule has 4 rings (SSSR count). The predicted octanol–water partition coefficient (Wildman–Crippen LogP) is 3.42. The van der Waals surface area contributed by atoms with Crippen LogP contribution in [0.4, 0.5) is 0 Å². The van der Waals surface area contributed by atoms with Crippen LogP contribution in [-0.4, -0.2) is 43.2 Å². The predicted molar refractivity (Wildman–Crippen MR) is 114 cm³/mol. The molecule has 0 spiro atoms. The second-order valence-corrected chi connectivity index (χ2v) is 7.95. The van der Waals surface area contributed by atoms with E-state index in [4.69, 9.17) is 10.5 Å². The van der Waals surface area contributed by atoms with Crippen molar-refractivity contribution >= 4 is 18.3 Å². The number of nitrogens with two attached hydrogens (primary N) is 1. The van der Waals surface area contributed by atoms with E-state index in [0.29, 0.717) is 26.3 Å². The molecule has 28 heavy (non-hydrogen) atoms. The Morgan fingerprint density at radius 1 is 1.04 bits per heavy atom. The number of nitrogens with zero attached hydrogens (tertiary/aromatic N) is 1. The van der Waals surface area contributed by atoms with E-state index in [0.717, 1.165) is 18.4 Å². The molecule has 0 saturated carbocycles. The van der Waals surface area contributed by atoms with Crippen molar-refractivity contribution in [3.05, 3.63) is 71.3 Å². The summed E-state index contributed by atoms with van der Waals surface area (Å²) in [4.78, 5) is 15.7. The van der Waals surface area contributed by atoms with Crippen LogP contribution >= 0.6 is 12.4 Å². The molecule has 2 fully saturated rings. The van der Waals surface area contributed by atoms with Gasteiger partial charge in [-0.1, -0.05) is 60.2 Å². The number of carbonyl (C=O) groups is 1. The Labute approximate surface area is 173 Å². The smallest absolute Gasteiger partial charge is 0.233 e. The van der Waals surface area contributed by atoms with Crippen LogP contribution in [0.3, 0.4) is 0 Å². The molecule has 2 aliphatic rings. The van der Waals surface area contributed by atoms with Crippen LogP contribution in [0.5, 0.6) is 0 Å². The Morgan fingerprint density at radius 2 is 1.68 bits per heavy atom. The van der Waals surface area contributed by atoms with Crippen molar-refractivity contribution in [3.63, 3.8) is 0 Å². The van der Waals surface area contributed by atoms with E-state index < -0.39 is 5.41 Å². The molecule has 2 N–H and O–H groups in total. The van der Waals surface area contributed by atoms with Gasteiger partial charge in [0.15, 0.2) is 0 Å². The van der Waals surface area contributed by atoms with Crippen molar-refractivity contribution in [2.24, 2.45) is 5.73 Å². The molecule has 1 amide bonds. The van der Waals surface area contributed by atoms with Gasteiger partial charge in [-0.05, 0) is 30.9 Å². The van der Waals surface area contributed by atoms with Crippen molar-refractivity contribution < 1.29 is 9.53 Å². The molecule has 2 heterocycles. The number of ether oxygens (including phenoxy) is 1. The number of aryl methyl sites for hydroxylation is 1. The summed E-state index contributed by atoms with van der Waals surface area (Å²) in [6.07, 6.45) is 1.47. The number of carbonyl (C=O) groups excluding carboxylic acids is 1. The summed E-state index contributed by atoms with van der Waals surface area (Å²) in [7, 11) is 0. The average molecular weight is 401 g/mol. The number of likely N-dealkylation sites (tertiary alicyclic amines) is 1. The molecule has 0 unspecified atom stereocenters. The molecule has 2 atom stereocenters. The highest BCUT2D eigenvalue weighted by Gasteiger charge is 2.46. The molecular formula is C23H29ClN2O2. The Morgan fingerprint density at radius 3 is 2.32 bits per heavy atom. The molecule has 2 aromatic carbocycles. The number of rotatable bonds is 3. The maximum absolute atomic E-state index is 13.7. The van der Waals surface area contributed by atoms with E-state index in [2.05, 4.69) is 43.3 Å². The molecule has 2 aromatic rings. The van der Waals surface area contributed by atoms with Crippen molar-refractivity contribution in [2.75, 3.05) is 26.3 Å². The Hall–Kier alpha value is -1.88. The first-order valence-corrected chi connectivity index (χ1v) is 9.85. The molecular weight excluding hydrogens is 372 g/mol. The summed E-state index contributed by atoms with van der Waals surface area (Å²) < 4.78 is 5.60. The normalized spacial score (nSPS) is 23.9. The van der Waals surface area contributed by atoms with Crippen molar-refractivity contribution in [2.45, 2.75) is 37.1 Å². The lowest BCUT2D eigenvalue weighted by molar-refractivity contribution is -0.140. The van der Waals surface area contributed by atoms with Gasteiger partial charge in [0, 0.05) is 38.3 Å². The second-order valence-electron chi connectivity index (χ2n) is 7.95. The van der Waals surface area contributed by atoms with Crippen LogP contribution in [-0.2, 0) is 14.9 Å². The van der Waals surface area contributed by atoms with Gasteiger partial charge < -0.3 is 15.4 Å². The average Bonchev–Trinajstić information content (AvgIpc) is 3.10. The molecule has 0 aliphatic carbocycles. The first-order valence-electron chi connectivity index (χ1n) is 9.85.